The monoisotopic (exact) mass is 313 g/mol. The van der Waals surface area contributed by atoms with Gasteiger partial charge in [-0.05, 0) is 44.4 Å². The summed E-state index contributed by atoms with van der Waals surface area (Å²) in [6, 6.07) is 8.78. The van der Waals surface area contributed by atoms with Crippen LogP contribution < -0.4 is 5.32 Å². The van der Waals surface area contributed by atoms with Gasteiger partial charge in [0.15, 0.2) is 0 Å². The second kappa shape index (κ2) is 6.85. The molecule has 4 nitrogen and oxygen atoms in total. The summed E-state index contributed by atoms with van der Waals surface area (Å²) in [6.45, 7) is 4.84. The van der Waals surface area contributed by atoms with Crippen LogP contribution in [0.1, 0.15) is 56.5 Å². The first-order chi connectivity index (χ1) is 11.1. The highest BCUT2D eigenvalue weighted by atomic mass is 16.3. The molecule has 0 spiro atoms. The van der Waals surface area contributed by atoms with E-state index in [1.165, 1.54) is 12.0 Å². The average molecular weight is 313 g/mol. The van der Waals surface area contributed by atoms with E-state index in [1.807, 2.05) is 19.3 Å². The fourth-order valence-electron chi connectivity index (χ4n) is 3.42. The molecule has 23 heavy (non-hydrogen) atoms. The van der Waals surface area contributed by atoms with Crippen molar-refractivity contribution >= 4 is 0 Å². The van der Waals surface area contributed by atoms with Gasteiger partial charge >= 0.3 is 0 Å². The van der Waals surface area contributed by atoms with Gasteiger partial charge in [-0.25, -0.2) is 4.98 Å². The van der Waals surface area contributed by atoms with Crippen LogP contribution in [-0.4, -0.2) is 26.8 Å². The molecule has 0 radical (unpaired) electrons. The van der Waals surface area contributed by atoms with Gasteiger partial charge in [0.25, 0.3) is 0 Å². The summed E-state index contributed by atoms with van der Waals surface area (Å²) in [5, 5.41) is 14.1. The minimum absolute atomic E-state index is 0.235. The molecule has 0 aliphatic heterocycles. The normalized spacial score (nSPS) is 18.7. The highest BCUT2D eigenvalue weighted by Gasteiger charge is 2.29. The van der Waals surface area contributed by atoms with Gasteiger partial charge in [-0.1, -0.05) is 31.4 Å². The molecule has 0 bridgehead atoms. The summed E-state index contributed by atoms with van der Waals surface area (Å²) >= 11 is 0. The van der Waals surface area contributed by atoms with Crippen molar-refractivity contribution in [3.05, 3.63) is 48.0 Å². The van der Waals surface area contributed by atoms with Crippen molar-refractivity contribution < 1.29 is 5.11 Å². The van der Waals surface area contributed by atoms with Gasteiger partial charge in [-0.2, -0.15) is 0 Å². The van der Waals surface area contributed by atoms with Gasteiger partial charge in [-0.3, -0.25) is 0 Å². The molecule has 1 aliphatic rings. The van der Waals surface area contributed by atoms with Crippen LogP contribution in [0.3, 0.4) is 0 Å². The molecule has 1 fully saturated rings. The molecule has 1 heterocycles. The molecule has 1 aliphatic carbocycles. The number of aryl methyl sites for hydroxylation is 1. The third-order valence-corrected chi connectivity index (χ3v) is 5.02. The zero-order valence-corrected chi connectivity index (χ0v) is 14.1. The van der Waals surface area contributed by atoms with Crippen LogP contribution >= 0.6 is 0 Å². The van der Waals surface area contributed by atoms with E-state index in [4.69, 9.17) is 0 Å². The Morgan fingerprint density at radius 2 is 1.91 bits per heavy atom. The number of rotatable bonds is 5. The molecule has 124 valence electrons. The van der Waals surface area contributed by atoms with Gasteiger partial charge in [0.2, 0.25) is 0 Å². The van der Waals surface area contributed by atoms with E-state index in [9.17, 15) is 5.11 Å². The predicted octanol–water partition coefficient (Wildman–Crippen LogP) is 3.53. The summed E-state index contributed by atoms with van der Waals surface area (Å²) in [4.78, 5) is 4.26. The highest BCUT2D eigenvalue weighted by molar-refractivity contribution is 5.36. The Balaban J connectivity index is 1.61. The summed E-state index contributed by atoms with van der Waals surface area (Å²) < 4.78 is 2.08. The first kappa shape index (κ1) is 16.2. The Morgan fingerprint density at radius 3 is 2.52 bits per heavy atom. The van der Waals surface area contributed by atoms with Crippen molar-refractivity contribution in [2.24, 2.45) is 0 Å². The fraction of sp³-hybridized carbons (Fsp3) is 0.526. The van der Waals surface area contributed by atoms with Crippen molar-refractivity contribution in [1.29, 1.82) is 0 Å². The van der Waals surface area contributed by atoms with Gasteiger partial charge in [0.05, 0.1) is 5.60 Å². The first-order valence-electron chi connectivity index (χ1n) is 8.63. The quantitative estimate of drug-likeness (QED) is 0.888. The van der Waals surface area contributed by atoms with Gasteiger partial charge in [-0.15, -0.1) is 0 Å². The van der Waals surface area contributed by atoms with E-state index >= 15 is 0 Å². The van der Waals surface area contributed by atoms with Crippen molar-refractivity contribution in [3.8, 4) is 5.69 Å². The lowest BCUT2D eigenvalue weighted by Crippen LogP contribution is -2.42. The number of hydrogen-bond acceptors (Lipinski definition) is 3. The third-order valence-electron chi connectivity index (χ3n) is 5.02. The maximum absolute atomic E-state index is 10.6. The Kier molecular flexibility index (Phi) is 4.83. The lowest BCUT2D eigenvalue weighted by molar-refractivity contribution is 0.00300. The Hall–Kier alpha value is -1.65. The molecule has 2 N–H and O–H groups in total. The molecular weight excluding hydrogens is 286 g/mol. The summed E-state index contributed by atoms with van der Waals surface area (Å²) in [5.74, 6) is 0.989. The summed E-state index contributed by atoms with van der Waals surface area (Å²) in [5.41, 5.74) is 1.85. The Morgan fingerprint density at radius 1 is 1.22 bits per heavy atom. The number of aliphatic hydroxyl groups is 1. The van der Waals surface area contributed by atoms with Crippen LogP contribution in [0.5, 0.6) is 0 Å². The third kappa shape index (κ3) is 3.82. The molecule has 4 heteroatoms. The lowest BCUT2D eigenvalue weighted by atomic mass is 9.84. The van der Waals surface area contributed by atoms with E-state index in [0.29, 0.717) is 6.54 Å². The molecule has 1 aromatic carbocycles. The molecule has 0 amide bonds. The second-order valence-corrected chi connectivity index (χ2v) is 6.82. The fourth-order valence-corrected chi connectivity index (χ4v) is 3.42. The number of hydrogen-bond donors (Lipinski definition) is 2. The van der Waals surface area contributed by atoms with E-state index < -0.39 is 5.60 Å². The van der Waals surface area contributed by atoms with E-state index in [2.05, 4.69) is 46.1 Å². The lowest BCUT2D eigenvalue weighted by Gasteiger charge is -2.33. The molecule has 1 atom stereocenters. The second-order valence-electron chi connectivity index (χ2n) is 6.82. The van der Waals surface area contributed by atoms with E-state index in [-0.39, 0.29) is 6.04 Å². The number of nitrogens with zero attached hydrogens (tertiary/aromatic N) is 2. The van der Waals surface area contributed by atoms with Crippen LogP contribution in [0.2, 0.25) is 0 Å². The molecule has 3 rings (SSSR count). The van der Waals surface area contributed by atoms with Crippen molar-refractivity contribution in [2.45, 2.75) is 57.6 Å². The SMILES string of the molecule is Cc1nccn1-c1ccc(C(C)NCC2(O)CCCCC2)cc1. The zero-order valence-electron chi connectivity index (χ0n) is 14.1. The largest absolute Gasteiger partial charge is 0.389 e. The van der Waals surface area contributed by atoms with Crippen LogP contribution in [0, 0.1) is 6.92 Å². The predicted molar refractivity (Wildman–Crippen MR) is 92.8 cm³/mol. The number of imidazole rings is 1. The van der Waals surface area contributed by atoms with E-state index in [0.717, 1.165) is 37.2 Å². The van der Waals surface area contributed by atoms with Crippen LogP contribution in [-0.2, 0) is 0 Å². The minimum atomic E-state index is -0.514. The molecule has 1 unspecified atom stereocenters. The number of benzene rings is 1. The van der Waals surface area contributed by atoms with Gasteiger partial charge < -0.3 is 15.0 Å². The molecule has 0 saturated heterocycles. The topological polar surface area (TPSA) is 50.1 Å². The first-order valence-corrected chi connectivity index (χ1v) is 8.63. The number of aromatic nitrogens is 2. The maximum atomic E-state index is 10.6. The van der Waals surface area contributed by atoms with Crippen LogP contribution in [0.25, 0.3) is 5.69 Å². The van der Waals surface area contributed by atoms with Crippen molar-refractivity contribution in [3.63, 3.8) is 0 Å². The molecular formula is C19H27N3O. The standard InChI is InChI=1S/C19H27N3O/c1-15(21-14-19(23)10-4-3-5-11-19)17-6-8-18(9-7-17)22-13-12-20-16(22)2/h6-9,12-13,15,21,23H,3-5,10-11,14H2,1-2H3. The van der Waals surface area contributed by atoms with Crippen molar-refractivity contribution in [2.75, 3.05) is 6.54 Å². The summed E-state index contributed by atoms with van der Waals surface area (Å²) in [7, 11) is 0. The molecule has 2 aromatic rings. The zero-order chi connectivity index (χ0) is 16.3. The number of nitrogens with one attached hydrogen (secondary N) is 1. The smallest absolute Gasteiger partial charge is 0.110 e. The maximum Gasteiger partial charge on any atom is 0.110 e. The Labute approximate surface area is 138 Å². The average Bonchev–Trinajstić information content (AvgIpc) is 3.00. The van der Waals surface area contributed by atoms with Gasteiger partial charge in [0, 0.05) is 30.7 Å². The highest BCUT2D eigenvalue weighted by Crippen LogP contribution is 2.28. The molecule has 1 saturated carbocycles. The molecule has 1 aromatic heterocycles. The minimum Gasteiger partial charge on any atom is -0.389 e. The van der Waals surface area contributed by atoms with Gasteiger partial charge in [0.1, 0.15) is 5.82 Å². The Bertz CT molecular complexity index is 626. The van der Waals surface area contributed by atoms with Crippen LogP contribution in [0.15, 0.2) is 36.7 Å². The van der Waals surface area contributed by atoms with Crippen molar-refractivity contribution in [1.82, 2.24) is 14.9 Å². The van der Waals surface area contributed by atoms with E-state index in [1.54, 1.807) is 0 Å². The van der Waals surface area contributed by atoms with Crippen LogP contribution in [0.4, 0.5) is 0 Å². The summed E-state index contributed by atoms with van der Waals surface area (Å²) in [6.07, 6.45) is 9.18.